The second-order valence-corrected chi connectivity index (χ2v) is 5.12. The van der Waals surface area contributed by atoms with Crippen molar-refractivity contribution in [3.63, 3.8) is 0 Å². The summed E-state index contributed by atoms with van der Waals surface area (Å²) in [4.78, 5) is 0. The van der Waals surface area contributed by atoms with Gasteiger partial charge in [-0.25, -0.2) is 6.08 Å². The van der Waals surface area contributed by atoms with Crippen molar-refractivity contribution >= 4 is 6.08 Å². The summed E-state index contributed by atoms with van der Waals surface area (Å²) in [6.07, 6.45) is 2.33. The summed E-state index contributed by atoms with van der Waals surface area (Å²) in [7, 11) is 0. The van der Waals surface area contributed by atoms with Crippen molar-refractivity contribution in [2.24, 2.45) is 0 Å². The summed E-state index contributed by atoms with van der Waals surface area (Å²) >= 11 is 1.39. The molecule has 4 nitrogen and oxygen atoms in total. The summed E-state index contributed by atoms with van der Waals surface area (Å²) in [5.41, 5.74) is 3.13. The zero-order valence-electron chi connectivity index (χ0n) is 13.3. The van der Waals surface area contributed by atoms with Crippen LogP contribution in [-0.2, 0) is 37.4 Å². The molecular formula is C19H20NO3Pt-. The Morgan fingerprint density at radius 1 is 1.04 bits per heavy atom. The van der Waals surface area contributed by atoms with E-state index in [1.807, 2.05) is 30.3 Å². The van der Waals surface area contributed by atoms with Crippen molar-refractivity contribution < 1.29 is 33.8 Å². The number of rotatable bonds is 6. The first kappa shape index (κ1) is 18.6. The van der Waals surface area contributed by atoms with Crippen LogP contribution in [0.3, 0.4) is 0 Å². The van der Waals surface area contributed by atoms with Gasteiger partial charge in [0.15, 0.2) is 0 Å². The van der Waals surface area contributed by atoms with Gasteiger partial charge in [0, 0.05) is 0 Å². The third-order valence-corrected chi connectivity index (χ3v) is 3.61. The molecule has 0 spiro atoms. The Hall–Kier alpha value is -1.77. The standard InChI is InChI=1S/C19H19O3.HN.Pt/c1-2-16-8-9-17(19-18(16)21-12-13-22-19)10-11-20-14-15-6-4-3-5-7-15;;/h1-9H,10-14H2;1H;/q-1;;. The molecule has 0 saturated carbocycles. The monoisotopic (exact) mass is 505 g/mol. The molecule has 1 aliphatic heterocycles. The van der Waals surface area contributed by atoms with Crippen LogP contribution < -0.4 is 9.47 Å². The van der Waals surface area contributed by atoms with Crippen LogP contribution in [0.2, 0.25) is 0 Å². The third kappa shape index (κ3) is 4.86. The summed E-state index contributed by atoms with van der Waals surface area (Å²) < 4.78 is 22.9. The molecule has 0 saturated heterocycles. The van der Waals surface area contributed by atoms with Crippen LogP contribution in [0.4, 0.5) is 0 Å². The van der Waals surface area contributed by atoms with Gasteiger partial charge in [0.2, 0.25) is 0 Å². The minimum absolute atomic E-state index is 0.557. The number of fused-ring (bicyclic) bond motifs is 1. The van der Waals surface area contributed by atoms with E-state index in [9.17, 15) is 0 Å². The molecule has 0 radical (unpaired) electrons. The number of ether oxygens (including phenoxy) is 3. The van der Waals surface area contributed by atoms with Gasteiger partial charge in [-0.1, -0.05) is 36.4 Å². The van der Waals surface area contributed by atoms with E-state index in [4.69, 9.17) is 24.7 Å². The maximum absolute atomic E-state index is 5.76. The van der Waals surface area contributed by atoms with E-state index in [-0.39, 0.29) is 0 Å². The van der Waals surface area contributed by atoms with Crippen molar-refractivity contribution in [1.82, 2.24) is 0 Å². The molecule has 1 N–H and O–H groups in total. The van der Waals surface area contributed by atoms with Gasteiger partial charge in [-0.05, 0) is 17.5 Å². The van der Waals surface area contributed by atoms with Crippen molar-refractivity contribution in [3.8, 4) is 11.5 Å². The van der Waals surface area contributed by atoms with E-state index in [0.717, 1.165) is 29.0 Å². The van der Waals surface area contributed by atoms with Gasteiger partial charge in [-0.3, -0.25) is 6.58 Å². The number of hydrogen-bond donors (Lipinski definition) is 1. The Morgan fingerprint density at radius 2 is 1.75 bits per heavy atom. The summed E-state index contributed by atoms with van der Waals surface area (Å²) in [6.45, 7) is 8.01. The molecule has 1 aliphatic rings. The molecule has 24 heavy (non-hydrogen) atoms. The topological polar surface area (TPSA) is 51.5 Å². The number of benzene rings is 2. The van der Waals surface area contributed by atoms with Gasteiger partial charge in [0.1, 0.15) is 19.0 Å². The fraction of sp³-hybridized carbons (Fsp3) is 0.263. The Bertz CT molecular complexity index is 661. The van der Waals surface area contributed by atoms with Crippen LogP contribution in [0.1, 0.15) is 16.7 Å². The van der Waals surface area contributed by atoms with E-state index in [1.165, 1.54) is 25.2 Å². The Morgan fingerprint density at radius 3 is 2.46 bits per heavy atom. The molecule has 2 aromatic carbocycles. The van der Waals surface area contributed by atoms with Crippen molar-refractivity contribution in [2.75, 3.05) is 19.8 Å². The molecule has 0 aromatic heterocycles. The van der Waals surface area contributed by atoms with Crippen LogP contribution in [0.5, 0.6) is 11.5 Å². The fourth-order valence-corrected chi connectivity index (χ4v) is 2.49. The van der Waals surface area contributed by atoms with E-state index < -0.39 is 0 Å². The molecule has 2 aromatic rings. The zero-order chi connectivity index (χ0) is 17.2. The molecule has 0 aliphatic carbocycles. The fourth-order valence-electron chi connectivity index (χ4n) is 2.49. The number of nitrogens with one attached hydrogen (secondary N) is 1. The first-order chi connectivity index (χ1) is 11.9. The molecule has 130 valence electrons. The SMILES string of the molecule is [CH-]=Cc1ccc(CCOCc2ccccc2)c2c1OCCO2.[NH]=[Pt]. The second-order valence-electron chi connectivity index (χ2n) is 5.12. The van der Waals surface area contributed by atoms with Gasteiger partial charge in [-0.2, -0.15) is 0 Å². The second kappa shape index (κ2) is 10.2. The molecule has 0 atom stereocenters. The van der Waals surface area contributed by atoms with Crippen LogP contribution >= 0.6 is 0 Å². The van der Waals surface area contributed by atoms with E-state index in [2.05, 4.69) is 12.1 Å². The first-order valence-electron chi connectivity index (χ1n) is 7.62. The Kier molecular flexibility index (Phi) is 7.87. The van der Waals surface area contributed by atoms with E-state index in [0.29, 0.717) is 26.4 Å². The van der Waals surface area contributed by atoms with Gasteiger partial charge >= 0.3 is 23.5 Å². The van der Waals surface area contributed by atoms with Crippen LogP contribution in [0.25, 0.3) is 6.08 Å². The maximum atomic E-state index is 5.76. The van der Waals surface area contributed by atoms with Gasteiger partial charge in [0.05, 0.1) is 19.0 Å². The van der Waals surface area contributed by atoms with E-state index in [1.54, 1.807) is 6.08 Å². The van der Waals surface area contributed by atoms with Crippen molar-refractivity contribution in [3.05, 3.63) is 65.7 Å². The quantitative estimate of drug-likeness (QED) is 0.478. The molecule has 0 fully saturated rings. The molecule has 0 amide bonds. The molecule has 5 heteroatoms. The minimum atomic E-state index is 0.557. The van der Waals surface area contributed by atoms with Crippen LogP contribution in [0, 0.1) is 10.5 Å². The van der Waals surface area contributed by atoms with E-state index >= 15 is 0 Å². The molecule has 3 rings (SSSR count). The molecule has 1 heterocycles. The normalized spacial score (nSPS) is 12.1. The van der Waals surface area contributed by atoms with Crippen LogP contribution in [-0.4, -0.2) is 19.8 Å². The van der Waals surface area contributed by atoms with Crippen molar-refractivity contribution in [2.45, 2.75) is 13.0 Å². The molecular weight excluding hydrogens is 485 g/mol. The first-order valence-corrected chi connectivity index (χ1v) is 8.76. The average molecular weight is 505 g/mol. The van der Waals surface area contributed by atoms with Gasteiger partial charge in [0.25, 0.3) is 0 Å². The van der Waals surface area contributed by atoms with Gasteiger partial charge < -0.3 is 14.2 Å². The van der Waals surface area contributed by atoms with Crippen LogP contribution in [0.15, 0.2) is 42.5 Å². The predicted molar refractivity (Wildman–Crippen MR) is 88.7 cm³/mol. The average Bonchev–Trinajstić information content (AvgIpc) is 2.67. The Balaban J connectivity index is 0.00000100. The predicted octanol–water partition coefficient (Wildman–Crippen LogP) is 3.96. The Labute approximate surface area is 154 Å². The summed E-state index contributed by atoms with van der Waals surface area (Å²) in [5, 5.41) is 0. The van der Waals surface area contributed by atoms with Gasteiger partial charge in [-0.15, -0.1) is 11.6 Å². The number of hydrogen-bond acceptors (Lipinski definition) is 4. The molecule has 0 unspecified atom stereocenters. The van der Waals surface area contributed by atoms with Crippen molar-refractivity contribution in [1.29, 1.82) is 3.91 Å². The molecule has 0 bridgehead atoms. The summed E-state index contributed by atoms with van der Waals surface area (Å²) in [6, 6.07) is 14.1. The third-order valence-electron chi connectivity index (χ3n) is 3.61. The summed E-state index contributed by atoms with van der Waals surface area (Å²) in [5.74, 6) is 1.54. The zero-order valence-corrected chi connectivity index (χ0v) is 15.5.